The number of aryl methyl sites for hydroxylation is 1. The van der Waals surface area contributed by atoms with Crippen molar-refractivity contribution < 1.29 is 22.3 Å². The maximum atomic E-state index is 14.5. The van der Waals surface area contributed by atoms with E-state index < -0.39 is 12.8 Å². The first-order valence-corrected chi connectivity index (χ1v) is 9.77. The van der Waals surface area contributed by atoms with Crippen molar-refractivity contribution in [3.8, 4) is 11.4 Å². The molecule has 0 unspecified atom stereocenters. The molecule has 0 aliphatic rings. The number of hydrogen-bond donors (Lipinski definition) is 2. The number of nitrogens with zero attached hydrogens (tertiary/aromatic N) is 3. The van der Waals surface area contributed by atoms with Gasteiger partial charge in [0.15, 0.2) is 12.6 Å². The van der Waals surface area contributed by atoms with Gasteiger partial charge in [0, 0.05) is 32.5 Å². The average molecular weight is 449 g/mol. The molecule has 3 rings (SSSR count). The van der Waals surface area contributed by atoms with E-state index in [-0.39, 0.29) is 11.6 Å². The summed E-state index contributed by atoms with van der Waals surface area (Å²) in [5.41, 5.74) is 1.99. The molecular weight excluding hydrogens is 426 g/mol. The van der Waals surface area contributed by atoms with Crippen LogP contribution in [-0.4, -0.2) is 35.3 Å². The smallest absolute Gasteiger partial charge is 0.422 e. The molecule has 6 nitrogen and oxygen atoms in total. The second kappa shape index (κ2) is 10.2. The lowest BCUT2D eigenvalue weighted by atomic mass is 10.2. The highest BCUT2D eigenvalue weighted by Crippen LogP contribution is 2.19. The van der Waals surface area contributed by atoms with Gasteiger partial charge < -0.3 is 19.9 Å². The van der Waals surface area contributed by atoms with Crippen molar-refractivity contribution in [1.29, 1.82) is 0 Å². The SMILES string of the molecule is CN=C(NCc1ccc(OCC(F)(F)F)cc1)NCc1ccc(-n2ccnc2C)c(F)c1. The van der Waals surface area contributed by atoms with Gasteiger partial charge >= 0.3 is 6.18 Å². The summed E-state index contributed by atoms with van der Waals surface area (Å²) < 4.78 is 57.5. The summed E-state index contributed by atoms with van der Waals surface area (Å²) in [6.07, 6.45) is -1.06. The molecule has 0 amide bonds. The van der Waals surface area contributed by atoms with Crippen LogP contribution in [0.15, 0.2) is 59.9 Å². The first-order valence-electron chi connectivity index (χ1n) is 9.77. The summed E-state index contributed by atoms with van der Waals surface area (Å²) in [5.74, 6) is 0.975. The molecule has 0 aliphatic heterocycles. The highest BCUT2D eigenvalue weighted by molar-refractivity contribution is 5.79. The zero-order chi connectivity index (χ0) is 23.1. The van der Waals surface area contributed by atoms with Crippen LogP contribution < -0.4 is 15.4 Å². The molecule has 0 saturated carbocycles. The number of hydrogen-bond acceptors (Lipinski definition) is 3. The number of guanidine groups is 1. The Hall–Kier alpha value is -3.56. The molecule has 0 radical (unpaired) electrons. The molecule has 0 saturated heterocycles. The third-order valence-electron chi connectivity index (χ3n) is 4.57. The summed E-state index contributed by atoms with van der Waals surface area (Å²) in [4.78, 5) is 8.23. The lowest BCUT2D eigenvalue weighted by molar-refractivity contribution is -0.153. The zero-order valence-electron chi connectivity index (χ0n) is 17.6. The molecule has 1 aromatic heterocycles. The number of ether oxygens (including phenoxy) is 1. The number of imidazole rings is 1. The van der Waals surface area contributed by atoms with Gasteiger partial charge in [0.05, 0.1) is 5.69 Å². The van der Waals surface area contributed by atoms with Crippen LogP contribution in [-0.2, 0) is 13.1 Å². The van der Waals surface area contributed by atoms with Gasteiger partial charge in [-0.15, -0.1) is 0 Å². The Morgan fingerprint density at radius 2 is 1.72 bits per heavy atom. The van der Waals surface area contributed by atoms with Crippen LogP contribution >= 0.6 is 0 Å². The van der Waals surface area contributed by atoms with Crippen LogP contribution in [0.2, 0.25) is 0 Å². The van der Waals surface area contributed by atoms with E-state index in [1.807, 2.05) is 6.07 Å². The van der Waals surface area contributed by atoms with Crippen molar-refractivity contribution in [2.45, 2.75) is 26.2 Å². The lowest BCUT2D eigenvalue weighted by Gasteiger charge is -2.14. The lowest BCUT2D eigenvalue weighted by Crippen LogP contribution is -2.36. The molecule has 170 valence electrons. The van der Waals surface area contributed by atoms with Crippen molar-refractivity contribution in [2.24, 2.45) is 4.99 Å². The molecular formula is C22H23F4N5O. The van der Waals surface area contributed by atoms with Gasteiger partial charge in [0.1, 0.15) is 17.4 Å². The van der Waals surface area contributed by atoms with Crippen LogP contribution in [0.3, 0.4) is 0 Å². The Morgan fingerprint density at radius 1 is 1.06 bits per heavy atom. The van der Waals surface area contributed by atoms with E-state index in [9.17, 15) is 17.6 Å². The van der Waals surface area contributed by atoms with Crippen LogP contribution in [0.4, 0.5) is 17.6 Å². The fourth-order valence-corrected chi connectivity index (χ4v) is 2.95. The molecule has 10 heteroatoms. The fraction of sp³-hybridized carbons (Fsp3) is 0.273. The van der Waals surface area contributed by atoms with E-state index in [0.29, 0.717) is 30.6 Å². The van der Waals surface area contributed by atoms with Crippen molar-refractivity contribution in [3.05, 3.63) is 77.6 Å². The topological polar surface area (TPSA) is 63.5 Å². The predicted octanol–water partition coefficient (Wildman–Crippen LogP) is 4.13. The van der Waals surface area contributed by atoms with E-state index in [2.05, 4.69) is 20.6 Å². The maximum Gasteiger partial charge on any atom is 0.422 e. The molecule has 0 aliphatic carbocycles. The number of aliphatic imine (C=N–C) groups is 1. The number of alkyl halides is 3. The highest BCUT2D eigenvalue weighted by atomic mass is 19.4. The minimum Gasteiger partial charge on any atom is -0.484 e. The van der Waals surface area contributed by atoms with E-state index in [4.69, 9.17) is 4.74 Å². The van der Waals surface area contributed by atoms with Gasteiger partial charge in [0.25, 0.3) is 0 Å². The first kappa shape index (κ1) is 23.1. The van der Waals surface area contributed by atoms with E-state index in [1.54, 1.807) is 49.1 Å². The summed E-state index contributed by atoms with van der Waals surface area (Å²) in [7, 11) is 1.61. The number of aromatic nitrogens is 2. The molecule has 0 spiro atoms. The van der Waals surface area contributed by atoms with Gasteiger partial charge in [0.2, 0.25) is 0 Å². The third kappa shape index (κ3) is 6.47. The molecule has 3 aromatic rings. The molecule has 0 bridgehead atoms. The van der Waals surface area contributed by atoms with Crippen molar-refractivity contribution in [2.75, 3.05) is 13.7 Å². The summed E-state index contributed by atoms with van der Waals surface area (Å²) in [5, 5.41) is 6.20. The Labute approximate surface area is 183 Å². The molecule has 2 aromatic carbocycles. The van der Waals surface area contributed by atoms with Gasteiger partial charge in [-0.3, -0.25) is 4.99 Å². The van der Waals surface area contributed by atoms with Crippen LogP contribution in [0.25, 0.3) is 5.69 Å². The van der Waals surface area contributed by atoms with Crippen molar-refractivity contribution in [3.63, 3.8) is 0 Å². The number of halogens is 4. The quantitative estimate of drug-likeness (QED) is 0.324. The maximum absolute atomic E-state index is 14.5. The summed E-state index contributed by atoms with van der Waals surface area (Å²) in [6, 6.07) is 11.2. The molecule has 32 heavy (non-hydrogen) atoms. The Kier molecular flexibility index (Phi) is 7.34. The molecule has 1 heterocycles. The second-order valence-corrected chi connectivity index (χ2v) is 6.96. The van der Waals surface area contributed by atoms with E-state index in [0.717, 1.165) is 11.1 Å². The van der Waals surface area contributed by atoms with Crippen LogP contribution in [0.1, 0.15) is 17.0 Å². The summed E-state index contributed by atoms with van der Waals surface area (Å²) >= 11 is 0. The first-order chi connectivity index (χ1) is 15.2. The average Bonchev–Trinajstić information content (AvgIpc) is 3.18. The van der Waals surface area contributed by atoms with Crippen molar-refractivity contribution >= 4 is 5.96 Å². The Morgan fingerprint density at radius 3 is 2.28 bits per heavy atom. The largest absolute Gasteiger partial charge is 0.484 e. The van der Waals surface area contributed by atoms with Gasteiger partial charge in [-0.05, 0) is 42.3 Å². The van der Waals surface area contributed by atoms with Gasteiger partial charge in [-0.1, -0.05) is 18.2 Å². The van der Waals surface area contributed by atoms with Gasteiger partial charge in [-0.2, -0.15) is 13.2 Å². The van der Waals surface area contributed by atoms with E-state index >= 15 is 0 Å². The third-order valence-corrected chi connectivity index (χ3v) is 4.57. The standard InChI is InChI=1S/C22H23F4N5O/c1-15-28-9-10-31(15)20-8-5-17(11-19(20)23)13-30-21(27-2)29-12-16-3-6-18(7-4-16)32-14-22(24,25)26/h3-11H,12-14H2,1-2H3,(H2,27,29,30). The minimum absolute atomic E-state index is 0.143. The second-order valence-electron chi connectivity index (χ2n) is 6.96. The number of nitrogens with one attached hydrogen (secondary N) is 2. The van der Waals surface area contributed by atoms with Crippen LogP contribution in [0.5, 0.6) is 5.75 Å². The minimum atomic E-state index is -4.37. The van der Waals surface area contributed by atoms with E-state index in [1.165, 1.54) is 18.2 Å². The Bertz CT molecular complexity index is 1060. The predicted molar refractivity (Wildman–Crippen MR) is 113 cm³/mol. The molecule has 2 N–H and O–H groups in total. The van der Waals surface area contributed by atoms with Crippen LogP contribution in [0, 0.1) is 12.7 Å². The monoisotopic (exact) mass is 449 g/mol. The zero-order valence-corrected chi connectivity index (χ0v) is 17.6. The van der Waals surface area contributed by atoms with Gasteiger partial charge in [-0.25, -0.2) is 9.37 Å². The Balaban J connectivity index is 1.51. The normalized spacial score (nSPS) is 12.0. The highest BCUT2D eigenvalue weighted by Gasteiger charge is 2.28. The van der Waals surface area contributed by atoms with Crippen molar-refractivity contribution in [1.82, 2.24) is 20.2 Å². The molecule has 0 fully saturated rings. The number of benzene rings is 2. The molecule has 0 atom stereocenters. The number of rotatable bonds is 7. The summed E-state index contributed by atoms with van der Waals surface area (Å²) in [6.45, 7) is 1.22. The fourth-order valence-electron chi connectivity index (χ4n) is 2.95.